The molecule has 7 heteroatoms. The van der Waals surface area contributed by atoms with Crippen LogP contribution < -0.4 is 10.2 Å². The third-order valence-electron chi connectivity index (χ3n) is 4.77. The van der Waals surface area contributed by atoms with Gasteiger partial charge in [-0.05, 0) is 45.9 Å². The van der Waals surface area contributed by atoms with Gasteiger partial charge in [0, 0.05) is 14.1 Å². The van der Waals surface area contributed by atoms with Crippen molar-refractivity contribution in [1.82, 2.24) is 5.01 Å². The van der Waals surface area contributed by atoms with E-state index in [9.17, 15) is 9.90 Å². The molecule has 7 nitrogen and oxygen atoms in total. The van der Waals surface area contributed by atoms with Crippen molar-refractivity contribution in [3.8, 4) is 0 Å². The lowest BCUT2D eigenvalue weighted by atomic mass is 9.73. The van der Waals surface area contributed by atoms with Crippen LogP contribution in [0.4, 0.5) is 17.1 Å². The topological polar surface area (TPSA) is 80.5 Å². The van der Waals surface area contributed by atoms with E-state index in [1.807, 2.05) is 44.7 Å². The summed E-state index contributed by atoms with van der Waals surface area (Å²) in [4.78, 5) is 14.5. The molecule has 0 spiro atoms. The average Bonchev–Trinajstić information content (AvgIpc) is 2.51. The Balaban J connectivity index is 2.55. The SMILES string of the molecule is CN(C)N=Nc1ccc2c(c1)NC(=O)C(C)(C)C(C)(C)N2CO. The molecule has 126 valence electrons. The van der Waals surface area contributed by atoms with Gasteiger partial charge < -0.3 is 15.3 Å². The number of benzene rings is 1. The summed E-state index contributed by atoms with van der Waals surface area (Å²) in [6.07, 6.45) is 0. The summed E-state index contributed by atoms with van der Waals surface area (Å²) in [5.41, 5.74) is 0.760. The quantitative estimate of drug-likeness (QED) is 0.663. The fourth-order valence-corrected chi connectivity index (χ4v) is 2.51. The molecule has 1 amide bonds. The van der Waals surface area contributed by atoms with E-state index in [-0.39, 0.29) is 12.6 Å². The molecular formula is C16H25N5O2. The zero-order valence-electron chi connectivity index (χ0n) is 14.6. The molecule has 0 unspecified atom stereocenters. The number of carbonyl (C=O) groups is 1. The first-order chi connectivity index (χ1) is 10.6. The Kier molecular flexibility index (Phi) is 4.34. The Morgan fingerprint density at radius 1 is 1.26 bits per heavy atom. The maximum absolute atomic E-state index is 12.7. The third kappa shape index (κ3) is 2.88. The maximum atomic E-state index is 12.7. The monoisotopic (exact) mass is 319 g/mol. The van der Waals surface area contributed by atoms with Crippen LogP contribution in [0.15, 0.2) is 28.5 Å². The van der Waals surface area contributed by atoms with Crippen molar-refractivity contribution in [3.05, 3.63) is 18.2 Å². The Labute approximate surface area is 137 Å². The number of fused-ring (bicyclic) bond motifs is 1. The molecule has 2 rings (SSSR count). The number of hydrogen-bond donors (Lipinski definition) is 2. The highest BCUT2D eigenvalue weighted by Crippen LogP contribution is 2.45. The fourth-order valence-electron chi connectivity index (χ4n) is 2.51. The summed E-state index contributed by atoms with van der Waals surface area (Å²) in [6, 6.07) is 5.43. The van der Waals surface area contributed by atoms with Gasteiger partial charge in [0.05, 0.1) is 28.0 Å². The molecule has 1 aliphatic heterocycles. The summed E-state index contributed by atoms with van der Waals surface area (Å²) < 4.78 is 0. The van der Waals surface area contributed by atoms with Gasteiger partial charge >= 0.3 is 0 Å². The summed E-state index contributed by atoms with van der Waals surface area (Å²) in [5.74, 6) is -0.0959. The zero-order valence-corrected chi connectivity index (χ0v) is 14.6. The summed E-state index contributed by atoms with van der Waals surface area (Å²) in [5, 5.41) is 22.5. The molecule has 1 heterocycles. The molecule has 0 aliphatic carbocycles. The Morgan fingerprint density at radius 3 is 2.48 bits per heavy atom. The first-order valence-electron chi connectivity index (χ1n) is 7.54. The molecule has 0 radical (unpaired) electrons. The number of aliphatic hydroxyl groups is 1. The van der Waals surface area contributed by atoms with E-state index in [2.05, 4.69) is 15.7 Å². The lowest BCUT2D eigenvalue weighted by Gasteiger charge is -2.46. The molecule has 0 saturated carbocycles. The number of amides is 1. The smallest absolute Gasteiger partial charge is 0.232 e. The van der Waals surface area contributed by atoms with E-state index < -0.39 is 11.0 Å². The zero-order chi connectivity index (χ0) is 17.4. The molecule has 0 saturated heterocycles. The number of aliphatic hydroxyl groups excluding tert-OH is 1. The second-order valence-electron chi connectivity index (χ2n) is 6.95. The van der Waals surface area contributed by atoms with Gasteiger partial charge in [-0.3, -0.25) is 9.80 Å². The molecule has 0 fully saturated rings. The predicted molar refractivity (Wildman–Crippen MR) is 90.7 cm³/mol. The van der Waals surface area contributed by atoms with Crippen LogP contribution in [0.5, 0.6) is 0 Å². The highest BCUT2D eigenvalue weighted by Gasteiger charge is 2.49. The van der Waals surface area contributed by atoms with Gasteiger partial charge in [0.15, 0.2) is 0 Å². The minimum Gasteiger partial charge on any atom is -0.376 e. The first-order valence-corrected chi connectivity index (χ1v) is 7.54. The molecule has 1 aromatic carbocycles. The van der Waals surface area contributed by atoms with Gasteiger partial charge in [0.1, 0.15) is 6.73 Å². The first kappa shape index (κ1) is 17.2. The van der Waals surface area contributed by atoms with Crippen LogP contribution in [0.2, 0.25) is 0 Å². The van der Waals surface area contributed by atoms with Gasteiger partial charge in [-0.25, -0.2) is 0 Å². The van der Waals surface area contributed by atoms with Crippen LogP contribution in [-0.4, -0.2) is 42.4 Å². The van der Waals surface area contributed by atoms with Gasteiger partial charge in [-0.2, -0.15) is 0 Å². The summed E-state index contributed by atoms with van der Waals surface area (Å²) >= 11 is 0. The molecule has 0 aromatic heterocycles. The standard InChI is InChI=1S/C16H25N5O2/c1-15(2)14(23)17-12-9-11(18-19-20(5)6)7-8-13(12)21(10-22)16(15,3)4/h7-9,22H,10H2,1-6H3,(H,17,23). The van der Waals surface area contributed by atoms with Crippen molar-refractivity contribution in [2.24, 2.45) is 15.8 Å². The van der Waals surface area contributed by atoms with E-state index in [0.29, 0.717) is 11.4 Å². The van der Waals surface area contributed by atoms with Crippen LogP contribution in [0.3, 0.4) is 0 Å². The van der Waals surface area contributed by atoms with Crippen LogP contribution >= 0.6 is 0 Å². The molecule has 2 N–H and O–H groups in total. The molecule has 1 aromatic rings. The fraction of sp³-hybridized carbons (Fsp3) is 0.562. The number of nitrogens with zero attached hydrogens (tertiary/aromatic N) is 4. The molecule has 23 heavy (non-hydrogen) atoms. The third-order valence-corrected chi connectivity index (χ3v) is 4.77. The highest BCUT2D eigenvalue weighted by atomic mass is 16.3. The Morgan fingerprint density at radius 2 is 1.91 bits per heavy atom. The lowest BCUT2D eigenvalue weighted by molar-refractivity contribution is -0.126. The normalized spacial score (nSPS) is 19.3. The van der Waals surface area contributed by atoms with E-state index in [1.54, 1.807) is 25.2 Å². The van der Waals surface area contributed by atoms with Crippen LogP contribution in [0.1, 0.15) is 27.7 Å². The van der Waals surface area contributed by atoms with Crippen molar-refractivity contribution in [3.63, 3.8) is 0 Å². The van der Waals surface area contributed by atoms with Crippen molar-refractivity contribution >= 4 is 23.0 Å². The molecule has 0 bridgehead atoms. The number of anilines is 2. The second-order valence-corrected chi connectivity index (χ2v) is 6.95. The number of rotatable bonds is 3. The van der Waals surface area contributed by atoms with Crippen molar-refractivity contribution < 1.29 is 9.90 Å². The second kappa shape index (κ2) is 5.81. The van der Waals surface area contributed by atoms with Gasteiger partial charge in [-0.15, -0.1) is 5.11 Å². The van der Waals surface area contributed by atoms with E-state index in [0.717, 1.165) is 5.69 Å². The number of carbonyl (C=O) groups excluding carboxylic acids is 1. The van der Waals surface area contributed by atoms with Gasteiger partial charge in [-0.1, -0.05) is 5.22 Å². The van der Waals surface area contributed by atoms with Crippen LogP contribution in [-0.2, 0) is 4.79 Å². The minimum absolute atomic E-state index is 0.0959. The maximum Gasteiger partial charge on any atom is 0.232 e. The molecular weight excluding hydrogens is 294 g/mol. The predicted octanol–water partition coefficient (Wildman–Crippen LogP) is 2.76. The van der Waals surface area contributed by atoms with E-state index in [1.165, 1.54) is 0 Å². The van der Waals surface area contributed by atoms with E-state index in [4.69, 9.17) is 0 Å². The largest absolute Gasteiger partial charge is 0.376 e. The summed E-state index contributed by atoms with van der Waals surface area (Å²) in [6.45, 7) is 7.49. The van der Waals surface area contributed by atoms with E-state index >= 15 is 0 Å². The van der Waals surface area contributed by atoms with Gasteiger partial charge in [0.2, 0.25) is 5.91 Å². The summed E-state index contributed by atoms with van der Waals surface area (Å²) in [7, 11) is 3.57. The highest BCUT2D eigenvalue weighted by molar-refractivity contribution is 6.01. The average molecular weight is 319 g/mol. The number of nitrogens with one attached hydrogen (secondary N) is 1. The molecule has 0 atom stereocenters. The van der Waals surface area contributed by atoms with Gasteiger partial charge in [0.25, 0.3) is 0 Å². The Hall–Kier alpha value is -2.15. The number of hydrogen-bond acceptors (Lipinski definition) is 5. The minimum atomic E-state index is -0.694. The lowest BCUT2D eigenvalue weighted by Crippen LogP contribution is -2.57. The Bertz CT molecular complexity index is 637. The molecule has 1 aliphatic rings. The van der Waals surface area contributed by atoms with Crippen LogP contribution in [0.25, 0.3) is 0 Å². The van der Waals surface area contributed by atoms with Crippen molar-refractivity contribution in [2.75, 3.05) is 31.0 Å². The van der Waals surface area contributed by atoms with Crippen molar-refractivity contribution in [2.45, 2.75) is 33.2 Å². The van der Waals surface area contributed by atoms with Crippen LogP contribution in [0, 0.1) is 5.41 Å². The van der Waals surface area contributed by atoms with Crippen molar-refractivity contribution in [1.29, 1.82) is 0 Å².